The van der Waals surface area contributed by atoms with Gasteiger partial charge in [-0.2, -0.15) is 5.10 Å². The Balaban J connectivity index is 2.38. The number of thiocarbonyl (C=S) groups is 1. The van der Waals surface area contributed by atoms with Crippen molar-refractivity contribution in [1.82, 2.24) is 14.8 Å². The summed E-state index contributed by atoms with van der Waals surface area (Å²) in [6, 6.07) is 1.70. The zero-order valence-electron chi connectivity index (χ0n) is 10.2. The van der Waals surface area contributed by atoms with Crippen molar-refractivity contribution in [3.8, 4) is 5.69 Å². The minimum absolute atomic E-state index is 0.241. The number of carbonyl (C=O) groups is 1. The molecule has 2 aromatic rings. The van der Waals surface area contributed by atoms with Crippen LogP contribution in [0.5, 0.6) is 0 Å². The van der Waals surface area contributed by atoms with Gasteiger partial charge < -0.3 is 10.5 Å². The average Bonchev–Trinajstić information content (AvgIpc) is 2.88. The summed E-state index contributed by atoms with van der Waals surface area (Å²) >= 11 is 4.97. The molecule has 7 heteroatoms. The van der Waals surface area contributed by atoms with Gasteiger partial charge in [0.1, 0.15) is 4.99 Å². The molecule has 2 N–H and O–H groups in total. The van der Waals surface area contributed by atoms with E-state index >= 15 is 0 Å². The van der Waals surface area contributed by atoms with Crippen molar-refractivity contribution in [3.05, 3.63) is 42.0 Å². The number of nitrogens with two attached hydrogens (primary N) is 1. The van der Waals surface area contributed by atoms with Gasteiger partial charge in [0.25, 0.3) is 0 Å². The SMILES string of the molecule is CCOC(=O)c1cnn(-c2cnccc2C(N)=S)c1. The molecular formula is C12H12N4O2S. The highest BCUT2D eigenvalue weighted by molar-refractivity contribution is 7.80. The summed E-state index contributed by atoms with van der Waals surface area (Å²) in [5.74, 6) is -0.422. The molecule has 0 saturated carbocycles. The summed E-state index contributed by atoms with van der Waals surface area (Å²) < 4.78 is 6.39. The summed E-state index contributed by atoms with van der Waals surface area (Å²) in [6.07, 6.45) is 6.15. The van der Waals surface area contributed by atoms with Crippen LogP contribution in [0.2, 0.25) is 0 Å². The fourth-order valence-corrected chi connectivity index (χ4v) is 1.72. The molecule has 0 aromatic carbocycles. The molecule has 2 aromatic heterocycles. The van der Waals surface area contributed by atoms with E-state index in [0.29, 0.717) is 23.4 Å². The van der Waals surface area contributed by atoms with Crippen molar-refractivity contribution in [2.75, 3.05) is 6.61 Å². The van der Waals surface area contributed by atoms with Gasteiger partial charge in [-0.25, -0.2) is 9.48 Å². The van der Waals surface area contributed by atoms with E-state index < -0.39 is 5.97 Å². The van der Waals surface area contributed by atoms with Crippen molar-refractivity contribution >= 4 is 23.2 Å². The van der Waals surface area contributed by atoms with E-state index in [2.05, 4.69) is 10.1 Å². The van der Waals surface area contributed by atoms with Gasteiger partial charge in [0.05, 0.1) is 30.3 Å². The quantitative estimate of drug-likeness (QED) is 0.664. The Kier molecular flexibility index (Phi) is 3.86. The Bertz CT molecular complexity index is 624. The number of esters is 1. The summed E-state index contributed by atoms with van der Waals surface area (Å²) in [4.78, 5) is 15.8. The van der Waals surface area contributed by atoms with E-state index in [1.807, 2.05) is 0 Å². The predicted molar refractivity (Wildman–Crippen MR) is 73.2 cm³/mol. The number of ether oxygens (including phenoxy) is 1. The molecule has 6 nitrogen and oxygen atoms in total. The molecule has 0 atom stereocenters. The van der Waals surface area contributed by atoms with Crippen LogP contribution < -0.4 is 5.73 Å². The van der Waals surface area contributed by atoms with Gasteiger partial charge in [-0.05, 0) is 13.0 Å². The van der Waals surface area contributed by atoms with Crippen molar-refractivity contribution in [3.63, 3.8) is 0 Å². The van der Waals surface area contributed by atoms with Crippen LogP contribution in [0.15, 0.2) is 30.9 Å². The molecule has 0 aliphatic heterocycles. The second-order valence-corrected chi connectivity index (χ2v) is 4.09. The van der Waals surface area contributed by atoms with Crippen molar-refractivity contribution in [2.45, 2.75) is 6.92 Å². The van der Waals surface area contributed by atoms with Gasteiger partial charge in [-0.3, -0.25) is 4.98 Å². The number of carbonyl (C=O) groups excluding carboxylic acids is 1. The van der Waals surface area contributed by atoms with Gasteiger partial charge in [-0.15, -0.1) is 0 Å². The average molecular weight is 276 g/mol. The van der Waals surface area contributed by atoms with Gasteiger partial charge in [0.2, 0.25) is 0 Å². The Labute approximate surface area is 115 Å². The van der Waals surface area contributed by atoms with Gasteiger partial charge in [0.15, 0.2) is 0 Å². The molecule has 0 radical (unpaired) electrons. The molecule has 19 heavy (non-hydrogen) atoms. The van der Waals surface area contributed by atoms with Crippen LogP contribution in [0.4, 0.5) is 0 Å². The van der Waals surface area contributed by atoms with E-state index in [9.17, 15) is 4.79 Å². The number of pyridine rings is 1. The smallest absolute Gasteiger partial charge is 0.341 e. The summed E-state index contributed by atoms with van der Waals surface area (Å²) in [6.45, 7) is 2.06. The molecule has 2 heterocycles. The van der Waals surface area contributed by atoms with Crippen molar-refractivity contribution < 1.29 is 9.53 Å². The third kappa shape index (κ3) is 2.76. The lowest BCUT2D eigenvalue weighted by Gasteiger charge is -2.06. The molecule has 0 unspecified atom stereocenters. The maximum atomic E-state index is 11.6. The van der Waals surface area contributed by atoms with E-state index in [0.717, 1.165) is 0 Å². The summed E-state index contributed by atoms with van der Waals surface area (Å²) in [7, 11) is 0. The first-order chi connectivity index (χ1) is 9.13. The van der Waals surface area contributed by atoms with E-state index in [1.165, 1.54) is 10.9 Å². The third-order valence-corrected chi connectivity index (χ3v) is 2.63. The van der Waals surface area contributed by atoms with Crippen LogP contribution in [0, 0.1) is 0 Å². The molecule has 0 bridgehead atoms. The minimum atomic E-state index is -0.422. The highest BCUT2D eigenvalue weighted by Crippen LogP contribution is 2.13. The number of aromatic nitrogens is 3. The van der Waals surface area contributed by atoms with Crippen LogP contribution in [0.3, 0.4) is 0 Å². The van der Waals surface area contributed by atoms with Crippen LogP contribution in [0.25, 0.3) is 5.69 Å². The first kappa shape index (κ1) is 13.2. The summed E-state index contributed by atoms with van der Waals surface area (Å²) in [5.41, 5.74) is 7.26. The monoisotopic (exact) mass is 276 g/mol. The second kappa shape index (κ2) is 5.57. The van der Waals surface area contributed by atoms with E-state index in [4.69, 9.17) is 22.7 Å². The molecule has 0 aliphatic rings. The van der Waals surface area contributed by atoms with Crippen LogP contribution >= 0.6 is 12.2 Å². The predicted octanol–water partition coefficient (Wildman–Crippen LogP) is 1.08. The second-order valence-electron chi connectivity index (χ2n) is 3.65. The largest absolute Gasteiger partial charge is 0.462 e. The molecule has 0 fully saturated rings. The molecule has 2 rings (SSSR count). The standard InChI is InChI=1S/C12H12N4O2S/c1-2-18-12(17)8-5-15-16(7-8)10-6-14-4-3-9(10)11(13)19/h3-7H,2H2,1H3,(H2,13,19). The maximum Gasteiger partial charge on any atom is 0.341 e. The minimum Gasteiger partial charge on any atom is -0.462 e. The molecule has 0 aliphatic carbocycles. The Morgan fingerprint density at radius 1 is 1.53 bits per heavy atom. The molecule has 98 valence electrons. The zero-order valence-corrected chi connectivity index (χ0v) is 11.1. The Morgan fingerprint density at radius 3 is 3.00 bits per heavy atom. The van der Waals surface area contributed by atoms with E-state index in [-0.39, 0.29) is 4.99 Å². The normalized spacial score (nSPS) is 10.2. The number of hydrogen-bond donors (Lipinski definition) is 1. The first-order valence-electron chi connectivity index (χ1n) is 5.59. The third-order valence-electron chi connectivity index (χ3n) is 2.41. The van der Waals surface area contributed by atoms with Crippen molar-refractivity contribution in [1.29, 1.82) is 0 Å². The number of hydrogen-bond acceptors (Lipinski definition) is 5. The lowest BCUT2D eigenvalue weighted by molar-refractivity contribution is 0.0526. The van der Waals surface area contributed by atoms with Gasteiger partial charge >= 0.3 is 5.97 Å². The summed E-state index contributed by atoms with van der Waals surface area (Å²) in [5, 5.41) is 4.09. The van der Waals surface area contributed by atoms with Gasteiger partial charge in [0, 0.05) is 18.0 Å². The molecular weight excluding hydrogens is 264 g/mol. The fraction of sp³-hybridized carbons (Fsp3) is 0.167. The van der Waals surface area contributed by atoms with Crippen molar-refractivity contribution in [2.24, 2.45) is 5.73 Å². The highest BCUT2D eigenvalue weighted by atomic mass is 32.1. The molecule has 0 spiro atoms. The Morgan fingerprint density at radius 2 is 2.32 bits per heavy atom. The zero-order chi connectivity index (χ0) is 13.8. The fourth-order valence-electron chi connectivity index (χ4n) is 1.55. The van der Waals surface area contributed by atoms with E-state index in [1.54, 1.807) is 31.6 Å². The Hall–Kier alpha value is -2.28. The molecule has 0 saturated heterocycles. The number of rotatable bonds is 4. The number of nitrogens with zero attached hydrogens (tertiary/aromatic N) is 3. The first-order valence-corrected chi connectivity index (χ1v) is 6.00. The van der Waals surface area contributed by atoms with Gasteiger partial charge in [-0.1, -0.05) is 12.2 Å². The van der Waals surface area contributed by atoms with Crippen LogP contribution in [-0.2, 0) is 4.74 Å². The highest BCUT2D eigenvalue weighted by Gasteiger charge is 2.13. The van der Waals surface area contributed by atoms with Crippen LogP contribution in [0.1, 0.15) is 22.8 Å². The molecule has 0 amide bonds. The maximum absolute atomic E-state index is 11.6. The lowest BCUT2D eigenvalue weighted by Crippen LogP contribution is -2.14. The van der Waals surface area contributed by atoms with Crippen LogP contribution in [-0.4, -0.2) is 32.3 Å². The lowest BCUT2D eigenvalue weighted by atomic mass is 10.2. The topological polar surface area (TPSA) is 83.0 Å².